The second kappa shape index (κ2) is 6.57. The lowest BCUT2D eigenvalue weighted by Crippen LogP contribution is -2.38. The topological polar surface area (TPSA) is 55.0 Å². The molecule has 1 saturated heterocycles. The maximum Gasteiger partial charge on any atom is 0.156 e. The van der Waals surface area contributed by atoms with Crippen molar-refractivity contribution in [3.05, 3.63) is 36.2 Å². The van der Waals surface area contributed by atoms with Crippen molar-refractivity contribution in [2.45, 2.75) is 49.1 Å². The largest absolute Gasteiger partial charge is 0.394 e. The van der Waals surface area contributed by atoms with E-state index >= 15 is 0 Å². The fourth-order valence-corrected chi connectivity index (χ4v) is 3.61. The Morgan fingerprint density at radius 2 is 1.95 bits per heavy atom. The van der Waals surface area contributed by atoms with Gasteiger partial charge in [0.05, 0.1) is 0 Å². The van der Waals surface area contributed by atoms with Gasteiger partial charge in [-0.1, -0.05) is 29.5 Å². The van der Waals surface area contributed by atoms with Gasteiger partial charge in [0.15, 0.2) is 5.82 Å². The third kappa shape index (κ3) is 3.19. The van der Waals surface area contributed by atoms with Crippen molar-refractivity contribution in [3.8, 4) is 0 Å². The first-order valence-corrected chi connectivity index (χ1v) is 8.58. The molecule has 3 rings (SSSR count). The Balaban J connectivity index is 1.86. The van der Waals surface area contributed by atoms with Crippen molar-refractivity contribution >= 4 is 23.3 Å². The molecule has 2 N–H and O–H groups in total. The summed E-state index contributed by atoms with van der Waals surface area (Å²) in [7, 11) is 0. The van der Waals surface area contributed by atoms with E-state index in [4.69, 9.17) is 5.73 Å². The van der Waals surface area contributed by atoms with Crippen LogP contribution < -0.4 is 10.6 Å². The van der Waals surface area contributed by atoms with Gasteiger partial charge in [0.1, 0.15) is 17.0 Å². The number of benzene rings is 1. The van der Waals surface area contributed by atoms with E-state index in [2.05, 4.69) is 53.0 Å². The highest BCUT2D eigenvalue weighted by Gasteiger charge is 2.23. The minimum atomic E-state index is 0.489. The first-order valence-electron chi connectivity index (χ1n) is 7.77. The monoisotopic (exact) mass is 314 g/mol. The van der Waals surface area contributed by atoms with Crippen LogP contribution in [0.1, 0.15) is 31.7 Å². The number of piperidine rings is 1. The highest BCUT2D eigenvalue weighted by Crippen LogP contribution is 2.36. The summed E-state index contributed by atoms with van der Waals surface area (Å²) in [5.41, 5.74) is 8.32. The van der Waals surface area contributed by atoms with Crippen LogP contribution in [-0.4, -0.2) is 22.6 Å². The Morgan fingerprint density at radius 1 is 1.18 bits per heavy atom. The number of rotatable bonds is 3. The summed E-state index contributed by atoms with van der Waals surface area (Å²) in [6.45, 7) is 5.36. The van der Waals surface area contributed by atoms with Crippen LogP contribution in [0.15, 0.2) is 40.5 Å². The van der Waals surface area contributed by atoms with Gasteiger partial charge in [-0.2, -0.15) is 0 Å². The van der Waals surface area contributed by atoms with Crippen molar-refractivity contribution in [2.75, 3.05) is 17.2 Å². The van der Waals surface area contributed by atoms with Crippen molar-refractivity contribution in [2.24, 2.45) is 0 Å². The molecule has 2 aromatic rings. The lowest BCUT2D eigenvalue weighted by Gasteiger charge is -2.35. The maximum atomic E-state index is 6.37. The molecule has 116 valence electrons. The van der Waals surface area contributed by atoms with E-state index in [-0.39, 0.29) is 0 Å². The molecular weight excluding hydrogens is 292 g/mol. The Bertz CT molecular complexity index is 642. The molecular formula is C17H22N4S. The zero-order valence-electron chi connectivity index (χ0n) is 13.1. The molecule has 2 heterocycles. The van der Waals surface area contributed by atoms with Crippen LogP contribution in [0.4, 0.5) is 11.5 Å². The van der Waals surface area contributed by atoms with Crippen LogP contribution in [0.5, 0.6) is 0 Å². The molecule has 0 aliphatic carbocycles. The average Bonchev–Trinajstić information content (AvgIpc) is 2.52. The van der Waals surface area contributed by atoms with Gasteiger partial charge in [0.2, 0.25) is 0 Å². The number of hydrogen-bond acceptors (Lipinski definition) is 5. The summed E-state index contributed by atoms with van der Waals surface area (Å²) < 4.78 is 0. The van der Waals surface area contributed by atoms with Gasteiger partial charge >= 0.3 is 0 Å². The molecule has 1 aliphatic rings. The van der Waals surface area contributed by atoms with Crippen LogP contribution >= 0.6 is 11.8 Å². The van der Waals surface area contributed by atoms with Gasteiger partial charge in [-0.15, -0.1) is 0 Å². The Morgan fingerprint density at radius 3 is 2.68 bits per heavy atom. The predicted octanol–water partition coefficient (Wildman–Crippen LogP) is 3.90. The molecule has 22 heavy (non-hydrogen) atoms. The van der Waals surface area contributed by atoms with E-state index in [0.717, 1.165) is 22.3 Å². The highest BCUT2D eigenvalue weighted by molar-refractivity contribution is 7.99. The van der Waals surface area contributed by atoms with Gasteiger partial charge in [-0.25, -0.2) is 9.97 Å². The molecule has 0 spiro atoms. The molecule has 4 nitrogen and oxygen atoms in total. The zero-order valence-corrected chi connectivity index (χ0v) is 13.9. The summed E-state index contributed by atoms with van der Waals surface area (Å²) in [5.74, 6) is 0.886. The third-order valence-electron chi connectivity index (χ3n) is 4.14. The van der Waals surface area contributed by atoms with Gasteiger partial charge in [0.25, 0.3) is 0 Å². The second-order valence-electron chi connectivity index (χ2n) is 5.87. The smallest absolute Gasteiger partial charge is 0.156 e. The van der Waals surface area contributed by atoms with Gasteiger partial charge in [-0.3, -0.25) is 0 Å². The standard InChI is InChI=1S/C17H22N4S/c1-12-6-8-14(9-7-12)22-17-15(18)16(19-11-20-17)21-10-4-3-5-13(21)2/h6-9,11,13H,3-5,10,18H2,1-2H3. The fraction of sp³-hybridized carbons (Fsp3) is 0.412. The van der Waals surface area contributed by atoms with Crippen LogP contribution in [-0.2, 0) is 0 Å². The van der Waals surface area contributed by atoms with Gasteiger partial charge < -0.3 is 10.6 Å². The van der Waals surface area contributed by atoms with Crippen molar-refractivity contribution in [3.63, 3.8) is 0 Å². The van der Waals surface area contributed by atoms with E-state index in [9.17, 15) is 0 Å². The Labute approximate surface area is 136 Å². The number of nitrogens with zero attached hydrogens (tertiary/aromatic N) is 3. The third-order valence-corrected chi connectivity index (χ3v) is 5.16. The number of nitrogens with two attached hydrogens (primary N) is 1. The van der Waals surface area contributed by atoms with Crippen LogP contribution in [0.2, 0.25) is 0 Å². The fourth-order valence-electron chi connectivity index (χ4n) is 2.81. The number of hydrogen-bond donors (Lipinski definition) is 1. The second-order valence-corrected chi connectivity index (χ2v) is 6.93. The minimum Gasteiger partial charge on any atom is -0.394 e. The van der Waals surface area contributed by atoms with Crippen molar-refractivity contribution in [1.29, 1.82) is 0 Å². The first-order chi connectivity index (χ1) is 10.6. The number of aromatic nitrogens is 2. The zero-order chi connectivity index (χ0) is 15.5. The normalized spacial score (nSPS) is 18.5. The number of anilines is 2. The lowest BCUT2D eigenvalue weighted by molar-refractivity contribution is 0.481. The summed E-state index contributed by atoms with van der Waals surface area (Å²) in [6, 6.07) is 8.90. The lowest BCUT2D eigenvalue weighted by atomic mass is 10.0. The predicted molar refractivity (Wildman–Crippen MR) is 92.4 cm³/mol. The van der Waals surface area contributed by atoms with E-state index in [1.807, 2.05) is 0 Å². The molecule has 1 fully saturated rings. The van der Waals surface area contributed by atoms with E-state index in [0.29, 0.717) is 11.7 Å². The molecule has 0 amide bonds. The van der Waals surface area contributed by atoms with Crippen LogP contribution in [0.3, 0.4) is 0 Å². The van der Waals surface area contributed by atoms with E-state index in [1.165, 1.54) is 24.8 Å². The quantitative estimate of drug-likeness (QED) is 0.871. The van der Waals surface area contributed by atoms with Gasteiger partial charge in [0, 0.05) is 17.5 Å². The molecule has 0 bridgehead atoms. The van der Waals surface area contributed by atoms with E-state index < -0.39 is 0 Å². The summed E-state index contributed by atoms with van der Waals surface area (Å²) in [4.78, 5) is 12.3. The molecule has 1 aliphatic heterocycles. The minimum absolute atomic E-state index is 0.489. The average molecular weight is 314 g/mol. The highest BCUT2D eigenvalue weighted by atomic mass is 32.2. The number of nitrogen functional groups attached to an aromatic ring is 1. The van der Waals surface area contributed by atoms with Gasteiger partial charge in [-0.05, 0) is 45.2 Å². The van der Waals surface area contributed by atoms with Crippen LogP contribution in [0.25, 0.3) is 0 Å². The SMILES string of the molecule is Cc1ccc(Sc2ncnc(N3CCCCC3C)c2N)cc1. The van der Waals surface area contributed by atoms with E-state index in [1.54, 1.807) is 18.1 Å². The molecule has 1 unspecified atom stereocenters. The molecule has 0 saturated carbocycles. The molecule has 1 atom stereocenters. The molecule has 1 aromatic carbocycles. The van der Waals surface area contributed by atoms with Crippen LogP contribution in [0, 0.1) is 6.92 Å². The summed E-state index contributed by atoms with van der Waals surface area (Å²) in [5, 5.41) is 0.839. The number of aryl methyl sites for hydroxylation is 1. The van der Waals surface area contributed by atoms with Crippen molar-refractivity contribution < 1.29 is 0 Å². The Kier molecular flexibility index (Phi) is 4.52. The summed E-state index contributed by atoms with van der Waals surface area (Å²) in [6.07, 6.45) is 5.31. The Hall–Kier alpha value is -1.75. The first kappa shape index (κ1) is 15.2. The molecule has 0 radical (unpaired) electrons. The molecule has 5 heteroatoms. The van der Waals surface area contributed by atoms with Crippen molar-refractivity contribution in [1.82, 2.24) is 9.97 Å². The maximum absolute atomic E-state index is 6.37. The summed E-state index contributed by atoms with van der Waals surface area (Å²) >= 11 is 1.60. The molecule has 1 aromatic heterocycles.